The monoisotopic (exact) mass is 233 g/mol. The lowest BCUT2D eigenvalue weighted by Gasteiger charge is -2.13. The van der Waals surface area contributed by atoms with Crippen molar-refractivity contribution >= 4 is 0 Å². The SMILES string of the molecule is NCc1ccnn1CC(O)c1cccc(O)c1. The van der Waals surface area contributed by atoms with Gasteiger partial charge < -0.3 is 15.9 Å². The topological polar surface area (TPSA) is 84.3 Å². The number of aromatic hydroxyl groups is 1. The summed E-state index contributed by atoms with van der Waals surface area (Å²) in [6.45, 7) is 0.704. The second-order valence-electron chi connectivity index (χ2n) is 3.82. The molecule has 0 aliphatic carbocycles. The second-order valence-corrected chi connectivity index (χ2v) is 3.82. The fourth-order valence-electron chi connectivity index (χ4n) is 1.70. The van der Waals surface area contributed by atoms with Gasteiger partial charge in [-0.1, -0.05) is 12.1 Å². The van der Waals surface area contributed by atoms with Crippen molar-refractivity contribution in [1.82, 2.24) is 9.78 Å². The number of aliphatic hydroxyl groups is 1. The Kier molecular flexibility index (Phi) is 3.41. The summed E-state index contributed by atoms with van der Waals surface area (Å²) in [5.74, 6) is 0.140. The highest BCUT2D eigenvalue weighted by molar-refractivity contribution is 5.28. The minimum absolute atomic E-state index is 0.140. The van der Waals surface area contributed by atoms with Crippen molar-refractivity contribution in [2.45, 2.75) is 19.2 Å². The predicted octanol–water partition coefficient (Wildman–Crippen LogP) is 0.781. The lowest BCUT2D eigenvalue weighted by molar-refractivity contribution is 0.150. The van der Waals surface area contributed by atoms with Crippen LogP contribution in [0, 0.1) is 0 Å². The number of phenolic OH excluding ortho intramolecular Hbond substituents is 1. The van der Waals surface area contributed by atoms with Gasteiger partial charge in [-0.2, -0.15) is 5.10 Å². The third-order valence-corrected chi connectivity index (χ3v) is 2.61. The molecule has 1 unspecified atom stereocenters. The first-order chi connectivity index (χ1) is 8.20. The third-order valence-electron chi connectivity index (χ3n) is 2.61. The van der Waals surface area contributed by atoms with Crippen LogP contribution in [0.2, 0.25) is 0 Å². The zero-order chi connectivity index (χ0) is 12.3. The molecule has 1 heterocycles. The lowest BCUT2D eigenvalue weighted by Crippen LogP contribution is -2.14. The van der Waals surface area contributed by atoms with Gasteiger partial charge in [-0.25, -0.2) is 0 Å². The van der Waals surface area contributed by atoms with E-state index in [0.29, 0.717) is 18.7 Å². The summed E-state index contributed by atoms with van der Waals surface area (Å²) in [6.07, 6.45) is 0.935. The Balaban J connectivity index is 2.14. The molecule has 5 nitrogen and oxygen atoms in total. The maximum absolute atomic E-state index is 10.0. The lowest BCUT2D eigenvalue weighted by atomic mass is 10.1. The third kappa shape index (κ3) is 2.64. The fourth-order valence-corrected chi connectivity index (χ4v) is 1.70. The number of hydrogen-bond donors (Lipinski definition) is 3. The largest absolute Gasteiger partial charge is 0.508 e. The van der Waals surface area contributed by atoms with Crippen molar-refractivity contribution in [1.29, 1.82) is 0 Å². The van der Waals surface area contributed by atoms with Crippen molar-refractivity contribution in [3.8, 4) is 5.75 Å². The number of aliphatic hydroxyl groups excluding tert-OH is 1. The minimum atomic E-state index is -0.715. The average Bonchev–Trinajstić information content (AvgIpc) is 2.76. The zero-order valence-corrected chi connectivity index (χ0v) is 9.32. The van der Waals surface area contributed by atoms with E-state index in [2.05, 4.69) is 5.10 Å². The standard InChI is InChI=1S/C12H15N3O2/c13-7-10-4-5-14-15(10)8-12(17)9-2-1-3-11(16)6-9/h1-6,12,16-17H,7-8,13H2. The number of hydrogen-bond acceptors (Lipinski definition) is 4. The van der Waals surface area contributed by atoms with Crippen LogP contribution in [-0.2, 0) is 13.1 Å². The maximum Gasteiger partial charge on any atom is 0.115 e. The number of rotatable bonds is 4. The predicted molar refractivity (Wildman–Crippen MR) is 63.2 cm³/mol. The van der Waals surface area contributed by atoms with Crippen molar-refractivity contribution in [3.05, 3.63) is 47.8 Å². The van der Waals surface area contributed by atoms with E-state index in [4.69, 9.17) is 5.73 Å². The summed E-state index contributed by atoms with van der Waals surface area (Å²) in [7, 11) is 0. The first kappa shape index (κ1) is 11.6. The van der Waals surface area contributed by atoms with E-state index >= 15 is 0 Å². The van der Waals surface area contributed by atoms with Crippen LogP contribution in [0.5, 0.6) is 5.75 Å². The summed E-state index contributed by atoms with van der Waals surface area (Å²) in [6, 6.07) is 8.37. The molecule has 17 heavy (non-hydrogen) atoms. The van der Waals surface area contributed by atoms with Crippen LogP contribution in [0.15, 0.2) is 36.5 Å². The van der Waals surface area contributed by atoms with Gasteiger partial charge in [-0.3, -0.25) is 4.68 Å². The Bertz CT molecular complexity index is 496. The highest BCUT2D eigenvalue weighted by Gasteiger charge is 2.11. The number of nitrogens with two attached hydrogens (primary N) is 1. The van der Waals surface area contributed by atoms with E-state index in [1.807, 2.05) is 6.07 Å². The molecule has 0 aliphatic heterocycles. The van der Waals surface area contributed by atoms with Crippen molar-refractivity contribution in [2.75, 3.05) is 0 Å². The van der Waals surface area contributed by atoms with Gasteiger partial charge in [-0.15, -0.1) is 0 Å². The van der Waals surface area contributed by atoms with Gasteiger partial charge in [0.05, 0.1) is 18.3 Å². The molecule has 1 atom stereocenters. The fraction of sp³-hybridized carbons (Fsp3) is 0.250. The van der Waals surface area contributed by atoms with E-state index in [1.54, 1.807) is 29.1 Å². The molecule has 0 saturated heterocycles. The van der Waals surface area contributed by atoms with E-state index in [-0.39, 0.29) is 5.75 Å². The van der Waals surface area contributed by atoms with Crippen LogP contribution in [0.3, 0.4) is 0 Å². The number of aromatic nitrogens is 2. The quantitative estimate of drug-likeness (QED) is 0.728. The van der Waals surface area contributed by atoms with Crippen molar-refractivity contribution in [2.24, 2.45) is 5.73 Å². The van der Waals surface area contributed by atoms with Gasteiger partial charge in [0.1, 0.15) is 5.75 Å². The van der Waals surface area contributed by atoms with E-state index in [9.17, 15) is 10.2 Å². The number of benzene rings is 1. The zero-order valence-electron chi connectivity index (χ0n) is 9.32. The molecule has 0 spiro atoms. The smallest absolute Gasteiger partial charge is 0.115 e. The van der Waals surface area contributed by atoms with Gasteiger partial charge >= 0.3 is 0 Å². The Labute approximate surface area is 99.1 Å². The average molecular weight is 233 g/mol. The van der Waals surface area contributed by atoms with Crippen LogP contribution in [0.4, 0.5) is 0 Å². The van der Waals surface area contributed by atoms with Gasteiger partial charge in [0.2, 0.25) is 0 Å². The van der Waals surface area contributed by atoms with Crippen LogP contribution < -0.4 is 5.73 Å². The summed E-state index contributed by atoms with van der Waals surface area (Å²) in [5.41, 5.74) is 7.07. The Morgan fingerprint density at radius 1 is 1.35 bits per heavy atom. The van der Waals surface area contributed by atoms with Gasteiger partial charge in [-0.05, 0) is 23.8 Å². The summed E-state index contributed by atoms with van der Waals surface area (Å²) >= 11 is 0. The molecule has 90 valence electrons. The molecule has 0 radical (unpaired) electrons. The first-order valence-electron chi connectivity index (χ1n) is 5.38. The van der Waals surface area contributed by atoms with Crippen LogP contribution >= 0.6 is 0 Å². The number of phenols is 1. The van der Waals surface area contributed by atoms with E-state index in [1.165, 1.54) is 6.07 Å². The highest BCUT2D eigenvalue weighted by atomic mass is 16.3. The van der Waals surface area contributed by atoms with E-state index < -0.39 is 6.10 Å². The highest BCUT2D eigenvalue weighted by Crippen LogP contribution is 2.19. The van der Waals surface area contributed by atoms with E-state index in [0.717, 1.165) is 5.69 Å². The summed E-state index contributed by atoms with van der Waals surface area (Å²) in [5, 5.41) is 23.4. The molecule has 0 bridgehead atoms. The van der Waals surface area contributed by atoms with Crippen LogP contribution in [-0.4, -0.2) is 20.0 Å². The molecule has 5 heteroatoms. The summed E-state index contributed by atoms with van der Waals surface area (Å²) < 4.78 is 1.66. The normalized spacial score (nSPS) is 12.6. The summed E-state index contributed by atoms with van der Waals surface area (Å²) in [4.78, 5) is 0. The minimum Gasteiger partial charge on any atom is -0.508 e. The Hall–Kier alpha value is -1.85. The van der Waals surface area contributed by atoms with Gasteiger partial charge in [0.25, 0.3) is 0 Å². The molecule has 0 fully saturated rings. The van der Waals surface area contributed by atoms with Crippen molar-refractivity contribution in [3.63, 3.8) is 0 Å². The van der Waals surface area contributed by atoms with Crippen molar-refractivity contribution < 1.29 is 10.2 Å². The molecule has 2 aromatic rings. The second kappa shape index (κ2) is 4.99. The molecule has 1 aromatic carbocycles. The molecular weight excluding hydrogens is 218 g/mol. The Morgan fingerprint density at radius 3 is 2.88 bits per heavy atom. The molecule has 0 saturated carbocycles. The Morgan fingerprint density at radius 2 is 2.18 bits per heavy atom. The molecule has 2 rings (SSSR count). The molecule has 0 amide bonds. The molecular formula is C12H15N3O2. The maximum atomic E-state index is 10.0. The molecule has 0 aliphatic rings. The number of nitrogens with zero attached hydrogens (tertiary/aromatic N) is 2. The molecule has 4 N–H and O–H groups in total. The molecule has 1 aromatic heterocycles. The van der Waals surface area contributed by atoms with Gasteiger partial charge in [0, 0.05) is 12.7 Å². The first-order valence-corrected chi connectivity index (χ1v) is 5.38. The van der Waals surface area contributed by atoms with Gasteiger partial charge in [0.15, 0.2) is 0 Å². The van der Waals surface area contributed by atoms with Crippen LogP contribution in [0.1, 0.15) is 17.4 Å². The van der Waals surface area contributed by atoms with Crippen LogP contribution in [0.25, 0.3) is 0 Å².